The van der Waals surface area contributed by atoms with E-state index in [1.165, 1.54) is 5.69 Å². The quantitative estimate of drug-likeness (QED) is 0.830. The minimum atomic E-state index is 0.497. The van der Waals surface area contributed by atoms with E-state index in [0.717, 1.165) is 25.2 Å². The zero-order valence-electron chi connectivity index (χ0n) is 9.73. The summed E-state index contributed by atoms with van der Waals surface area (Å²) >= 11 is 5.82. The third-order valence-corrected chi connectivity index (χ3v) is 2.67. The summed E-state index contributed by atoms with van der Waals surface area (Å²) in [6.45, 7) is 3.88. The molecule has 5 heteroatoms. The number of pyridine rings is 1. The molecular formula is C12H15ClN4. The van der Waals surface area contributed by atoms with Gasteiger partial charge in [0.25, 0.3) is 0 Å². The van der Waals surface area contributed by atoms with Crippen LogP contribution < -0.4 is 5.32 Å². The average Bonchev–Trinajstić information content (AvgIpc) is 2.75. The molecule has 1 N–H and O–H groups in total. The Morgan fingerprint density at radius 2 is 2.35 bits per heavy atom. The smallest absolute Gasteiger partial charge is 0.131 e. The molecule has 0 aliphatic carbocycles. The van der Waals surface area contributed by atoms with Crippen LogP contribution in [0.15, 0.2) is 30.9 Å². The zero-order valence-corrected chi connectivity index (χ0v) is 10.5. The van der Waals surface area contributed by atoms with Gasteiger partial charge in [-0.1, -0.05) is 18.5 Å². The lowest BCUT2D eigenvalue weighted by Gasteiger charge is -2.09. The Hall–Kier alpha value is -1.55. The summed E-state index contributed by atoms with van der Waals surface area (Å²) in [6.07, 6.45) is 6.53. The molecule has 0 saturated carbocycles. The second kappa shape index (κ2) is 5.68. The van der Waals surface area contributed by atoms with Crippen molar-refractivity contribution < 1.29 is 0 Å². The molecule has 0 spiro atoms. The molecule has 2 heterocycles. The SMILES string of the molecule is CCCn1cncc1CNc1ccnc(Cl)c1. The molecule has 2 aromatic heterocycles. The number of imidazole rings is 1. The first-order valence-electron chi connectivity index (χ1n) is 5.64. The number of anilines is 1. The summed E-state index contributed by atoms with van der Waals surface area (Å²) in [7, 11) is 0. The van der Waals surface area contributed by atoms with E-state index in [4.69, 9.17) is 11.6 Å². The van der Waals surface area contributed by atoms with Crippen LogP contribution in [-0.4, -0.2) is 14.5 Å². The van der Waals surface area contributed by atoms with Crippen molar-refractivity contribution in [3.8, 4) is 0 Å². The summed E-state index contributed by atoms with van der Waals surface area (Å²) in [5.41, 5.74) is 2.13. The molecule has 0 amide bonds. The van der Waals surface area contributed by atoms with E-state index in [2.05, 4.69) is 26.8 Å². The fraction of sp³-hybridized carbons (Fsp3) is 0.333. The molecule has 0 unspecified atom stereocenters. The second-order valence-electron chi connectivity index (χ2n) is 3.80. The molecule has 0 radical (unpaired) electrons. The minimum absolute atomic E-state index is 0.497. The lowest BCUT2D eigenvalue weighted by Crippen LogP contribution is -2.06. The Kier molecular flexibility index (Phi) is 3.98. The maximum atomic E-state index is 5.82. The first-order valence-corrected chi connectivity index (χ1v) is 6.02. The Labute approximate surface area is 106 Å². The summed E-state index contributed by atoms with van der Waals surface area (Å²) in [5.74, 6) is 0. The minimum Gasteiger partial charge on any atom is -0.379 e. The molecule has 17 heavy (non-hydrogen) atoms. The van der Waals surface area contributed by atoms with Crippen LogP contribution >= 0.6 is 11.6 Å². The first kappa shape index (κ1) is 11.9. The fourth-order valence-electron chi connectivity index (χ4n) is 1.64. The molecule has 90 valence electrons. The van der Waals surface area contributed by atoms with Crippen LogP contribution in [0.1, 0.15) is 19.0 Å². The van der Waals surface area contributed by atoms with E-state index >= 15 is 0 Å². The molecular weight excluding hydrogens is 236 g/mol. The molecule has 0 saturated heterocycles. The van der Waals surface area contributed by atoms with Crippen LogP contribution in [0.3, 0.4) is 0 Å². The summed E-state index contributed by atoms with van der Waals surface area (Å²) in [4.78, 5) is 8.09. The van der Waals surface area contributed by atoms with Gasteiger partial charge >= 0.3 is 0 Å². The monoisotopic (exact) mass is 250 g/mol. The highest BCUT2D eigenvalue weighted by Gasteiger charge is 2.01. The molecule has 4 nitrogen and oxygen atoms in total. The molecule has 2 rings (SSSR count). The largest absolute Gasteiger partial charge is 0.379 e. The normalized spacial score (nSPS) is 10.5. The standard InChI is InChI=1S/C12H15ClN4/c1-2-5-17-9-14-7-11(17)8-16-10-3-4-15-12(13)6-10/h3-4,6-7,9H,2,5,8H2,1H3,(H,15,16). The Bertz CT molecular complexity index is 481. The molecule has 0 aromatic carbocycles. The van der Waals surface area contributed by atoms with Crippen molar-refractivity contribution in [1.82, 2.24) is 14.5 Å². The Balaban J connectivity index is 1.99. The lowest BCUT2D eigenvalue weighted by atomic mass is 10.3. The van der Waals surface area contributed by atoms with Crippen LogP contribution in [-0.2, 0) is 13.1 Å². The van der Waals surface area contributed by atoms with Crippen LogP contribution in [0.25, 0.3) is 0 Å². The zero-order chi connectivity index (χ0) is 12.1. The van der Waals surface area contributed by atoms with Crippen LogP contribution in [0.2, 0.25) is 5.15 Å². The number of hydrogen-bond acceptors (Lipinski definition) is 3. The number of aromatic nitrogens is 3. The lowest BCUT2D eigenvalue weighted by molar-refractivity contribution is 0.651. The third kappa shape index (κ3) is 3.20. The van der Waals surface area contributed by atoms with Gasteiger partial charge < -0.3 is 9.88 Å². The first-order chi connectivity index (χ1) is 8.29. The second-order valence-corrected chi connectivity index (χ2v) is 4.19. The number of aryl methyl sites for hydroxylation is 1. The van der Waals surface area contributed by atoms with Crippen molar-refractivity contribution in [2.75, 3.05) is 5.32 Å². The highest BCUT2D eigenvalue weighted by molar-refractivity contribution is 6.29. The van der Waals surface area contributed by atoms with E-state index in [0.29, 0.717) is 5.15 Å². The molecule has 0 fully saturated rings. The van der Waals surface area contributed by atoms with Crippen molar-refractivity contribution in [2.24, 2.45) is 0 Å². The summed E-state index contributed by atoms with van der Waals surface area (Å²) in [6, 6.07) is 3.70. The van der Waals surface area contributed by atoms with Crippen LogP contribution in [0.5, 0.6) is 0 Å². The van der Waals surface area contributed by atoms with Crippen molar-refractivity contribution in [2.45, 2.75) is 26.4 Å². The molecule has 0 bridgehead atoms. The van der Waals surface area contributed by atoms with Gasteiger partial charge in [0, 0.05) is 24.6 Å². The van der Waals surface area contributed by atoms with Crippen molar-refractivity contribution in [1.29, 1.82) is 0 Å². The van der Waals surface area contributed by atoms with Gasteiger partial charge in [-0.3, -0.25) is 0 Å². The maximum absolute atomic E-state index is 5.82. The van der Waals surface area contributed by atoms with Crippen molar-refractivity contribution >= 4 is 17.3 Å². The molecule has 2 aromatic rings. The van der Waals surface area contributed by atoms with Gasteiger partial charge in [0.15, 0.2) is 0 Å². The van der Waals surface area contributed by atoms with Crippen molar-refractivity contribution in [3.63, 3.8) is 0 Å². The van der Waals surface area contributed by atoms with Gasteiger partial charge in [-0.15, -0.1) is 0 Å². The van der Waals surface area contributed by atoms with E-state index in [9.17, 15) is 0 Å². The number of nitrogens with one attached hydrogen (secondary N) is 1. The van der Waals surface area contributed by atoms with Crippen LogP contribution in [0, 0.1) is 0 Å². The number of rotatable bonds is 5. The van der Waals surface area contributed by atoms with Gasteiger partial charge in [-0.25, -0.2) is 9.97 Å². The number of halogens is 1. The van der Waals surface area contributed by atoms with Crippen LogP contribution in [0.4, 0.5) is 5.69 Å². The van der Waals surface area contributed by atoms with Gasteiger partial charge in [0.05, 0.1) is 18.6 Å². The molecule has 0 aliphatic heterocycles. The van der Waals surface area contributed by atoms with Gasteiger partial charge in [0.1, 0.15) is 5.15 Å². The predicted molar refractivity (Wildman–Crippen MR) is 69.1 cm³/mol. The highest BCUT2D eigenvalue weighted by atomic mass is 35.5. The van der Waals surface area contributed by atoms with Gasteiger partial charge in [0.2, 0.25) is 0 Å². The maximum Gasteiger partial charge on any atom is 0.131 e. The number of nitrogens with zero attached hydrogens (tertiary/aromatic N) is 3. The fourth-order valence-corrected chi connectivity index (χ4v) is 1.82. The number of hydrogen-bond donors (Lipinski definition) is 1. The van der Waals surface area contributed by atoms with Gasteiger partial charge in [-0.05, 0) is 18.6 Å². The van der Waals surface area contributed by atoms with Gasteiger partial charge in [-0.2, -0.15) is 0 Å². The average molecular weight is 251 g/mol. The third-order valence-electron chi connectivity index (χ3n) is 2.46. The van der Waals surface area contributed by atoms with E-state index in [1.54, 1.807) is 6.20 Å². The van der Waals surface area contributed by atoms with E-state index in [1.807, 2.05) is 24.7 Å². The predicted octanol–water partition coefficient (Wildman–Crippen LogP) is 2.95. The molecule has 0 atom stereocenters. The van der Waals surface area contributed by atoms with E-state index < -0.39 is 0 Å². The Morgan fingerprint density at radius 1 is 1.47 bits per heavy atom. The Morgan fingerprint density at radius 3 is 3.12 bits per heavy atom. The molecule has 0 aliphatic rings. The summed E-state index contributed by atoms with van der Waals surface area (Å²) in [5, 5.41) is 3.80. The summed E-state index contributed by atoms with van der Waals surface area (Å²) < 4.78 is 2.15. The highest BCUT2D eigenvalue weighted by Crippen LogP contribution is 2.13. The van der Waals surface area contributed by atoms with Crippen molar-refractivity contribution in [3.05, 3.63) is 41.7 Å². The topological polar surface area (TPSA) is 42.7 Å². The van der Waals surface area contributed by atoms with E-state index in [-0.39, 0.29) is 0 Å².